The number of thiocarbonyl (C=S) groups is 1. The van der Waals surface area contributed by atoms with E-state index in [-0.39, 0.29) is 16.9 Å². The predicted molar refractivity (Wildman–Crippen MR) is 127 cm³/mol. The van der Waals surface area contributed by atoms with Crippen LogP contribution < -0.4 is 20.7 Å². The first-order chi connectivity index (χ1) is 15.0. The fourth-order valence-electron chi connectivity index (χ4n) is 2.67. The quantitative estimate of drug-likeness (QED) is 0.396. The summed E-state index contributed by atoms with van der Waals surface area (Å²) in [5.41, 5.74) is 2.66. The van der Waals surface area contributed by atoms with Crippen LogP contribution in [0.2, 0.25) is 0 Å². The summed E-state index contributed by atoms with van der Waals surface area (Å²) in [5, 5.41) is 8.51. The highest BCUT2D eigenvalue weighted by Crippen LogP contribution is 2.16. The third kappa shape index (κ3) is 6.80. The molecule has 7 heteroatoms. The molecule has 0 aromatic heterocycles. The molecule has 0 atom stereocenters. The minimum Gasteiger partial charge on any atom is -0.497 e. The Morgan fingerprint density at radius 3 is 2.23 bits per heavy atom. The highest BCUT2D eigenvalue weighted by atomic mass is 32.1. The fraction of sp³-hybridized carbons (Fsp3) is 0.0417. The van der Waals surface area contributed by atoms with Gasteiger partial charge in [0.25, 0.3) is 5.91 Å². The Kier molecular flexibility index (Phi) is 7.50. The number of hydrogen-bond acceptors (Lipinski definition) is 4. The van der Waals surface area contributed by atoms with E-state index < -0.39 is 0 Å². The zero-order valence-electron chi connectivity index (χ0n) is 16.8. The van der Waals surface area contributed by atoms with Crippen molar-refractivity contribution in [3.63, 3.8) is 0 Å². The van der Waals surface area contributed by atoms with Crippen molar-refractivity contribution in [3.05, 3.63) is 96.1 Å². The molecular formula is C24H21N3O3S. The van der Waals surface area contributed by atoms with Crippen LogP contribution in [0.5, 0.6) is 5.75 Å². The maximum Gasteiger partial charge on any atom is 0.255 e. The SMILES string of the molecule is COc1ccc(/C=C/C(=O)NC(=S)Nc2cccc(NC(=O)c3ccccc3)c2)cc1. The van der Waals surface area contributed by atoms with Crippen LogP contribution in [0, 0.1) is 0 Å². The van der Waals surface area contributed by atoms with Gasteiger partial charge in [-0.2, -0.15) is 0 Å². The van der Waals surface area contributed by atoms with Crippen molar-refractivity contribution >= 4 is 46.6 Å². The third-order valence-electron chi connectivity index (χ3n) is 4.19. The van der Waals surface area contributed by atoms with Gasteiger partial charge in [0.05, 0.1) is 7.11 Å². The topological polar surface area (TPSA) is 79.5 Å². The van der Waals surface area contributed by atoms with Gasteiger partial charge in [0.15, 0.2) is 5.11 Å². The average molecular weight is 432 g/mol. The Labute approximate surface area is 185 Å². The minimum atomic E-state index is -0.359. The lowest BCUT2D eigenvalue weighted by Crippen LogP contribution is -2.32. The lowest BCUT2D eigenvalue weighted by atomic mass is 10.2. The second kappa shape index (κ2) is 10.7. The number of methoxy groups -OCH3 is 1. The normalized spacial score (nSPS) is 10.4. The van der Waals surface area contributed by atoms with Crippen LogP contribution in [0.25, 0.3) is 6.08 Å². The maximum absolute atomic E-state index is 12.3. The number of benzene rings is 3. The molecule has 0 saturated carbocycles. The van der Waals surface area contributed by atoms with Gasteiger partial charge >= 0.3 is 0 Å². The summed E-state index contributed by atoms with van der Waals surface area (Å²) in [5.74, 6) is 0.174. The van der Waals surface area contributed by atoms with Crippen molar-refractivity contribution in [3.8, 4) is 5.75 Å². The molecule has 3 N–H and O–H groups in total. The highest BCUT2D eigenvalue weighted by Gasteiger charge is 2.07. The van der Waals surface area contributed by atoms with Crippen molar-refractivity contribution in [2.75, 3.05) is 17.7 Å². The molecule has 0 aliphatic heterocycles. The molecule has 3 aromatic rings. The average Bonchev–Trinajstić information content (AvgIpc) is 2.78. The number of hydrogen-bond donors (Lipinski definition) is 3. The number of carbonyl (C=O) groups excluding carboxylic acids is 2. The fourth-order valence-corrected chi connectivity index (χ4v) is 2.89. The summed E-state index contributed by atoms with van der Waals surface area (Å²) in [4.78, 5) is 24.4. The van der Waals surface area contributed by atoms with Crippen LogP contribution in [0.1, 0.15) is 15.9 Å². The van der Waals surface area contributed by atoms with Gasteiger partial charge in [-0.1, -0.05) is 36.4 Å². The molecular weight excluding hydrogens is 410 g/mol. The summed E-state index contributed by atoms with van der Waals surface area (Å²) in [6.45, 7) is 0. The first-order valence-corrected chi connectivity index (χ1v) is 9.85. The van der Waals surface area contributed by atoms with E-state index in [9.17, 15) is 9.59 Å². The summed E-state index contributed by atoms with van der Waals surface area (Å²) in [6.07, 6.45) is 3.07. The predicted octanol–water partition coefficient (Wildman–Crippen LogP) is 4.47. The molecule has 0 heterocycles. The molecule has 0 aliphatic rings. The van der Waals surface area contributed by atoms with Gasteiger partial charge in [-0.25, -0.2) is 0 Å². The smallest absolute Gasteiger partial charge is 0.255 e. The van der Waals surface area contributed by atoms with E-state index in [0.717, 1.165) is 11.3 Å². The molecule has 0 fully saturated rings. The molecule has 0 spiro atoms. The van der Waals surface area contributed by atoms with E-state index in [0.29, 0.717) is 16.9 Å². The minimum absolute atomic E-state index is 0.149. The number of anilines is 2. The van der Waals surface area contributed by atoms with Crippen LogP contribution >= 0.6 is 12.2 Å². The molecule has 156 valence electrons. The van der Waals surface area contributed by atoms with E-state index >= 15 is 0 Å². The van der Waals surface area contributed by atoms with E-state index in [1.165, 1.54) is 6.08 Å². The largest absolute Gasteiger partial charge is 0.497 e. The van der Waals surface area contributed by atoms with E-state index in [1.54, 1.807) is 61.7 Å². The monoisotopic (exact) mass is 431 g/mol. The second-order valence-electron chi connectivity index (χ2n) is 6.45. The number of ether oxygens (including phenoxy) is 1. The standard InChI is InChI=1S/C24H21N3O3S/c1-30-21-13-10-17(11-14-21)12-15-22(28)27-24(31)26-20-9-5-8-19(16-20)25-23(29)18-6-3-2-4-7-18/h2-16H,1H3,(H,25,29)(H2,26,27,28,31)/b15-12+. The summed E-state index contributed by atoms with van der Waals surface area (Å²) in [7, 11) is 1.60. The molecule has 0 saturated heterocycles. The zero-order chi connectivity index (χ0) is 22.1. The number of amides is 2. The molecule has 31 heavy (non-hydrogen) atoms. The van der Waals surface area contributed by atoms with Crippen molar-refractivity contribution in [2.24, 2.45) is 0 Å². The van der Waals surface area contributed by atoms with Crippen molar-refractivity contribution < 1.29 is 14.3 Å². The molecule has 0 bridgehead atoms. The highest BCUT2D eigenvalue weighted by molar-refractivity contribution is 7.80. The Balaban J connectivity index is 1.54. The molecule has 0 aliphatic carbocycles. The number of nitrogens with one attached hydrogen (secondary N) is 3. The summed E-state index contributed by atoms with van der Waals surface area (Å²) >= 11 is 5.20. The van der Waals surface area contributed by atoms with Crippen LogP contribution in [0.3, 0.4) is 0 Å². The van der Waals surface area contributed by atoms with Crippen LogP contribution in [0.4, 0.5) is 11.4 Å². The van der Waals surface area contributed by atoms with Crippen LogP contribution in [-0.2, 0) is 4.79 Å². The van der Waals surface area contributed by atoms with E-state index in [1.807, 2.05) is 30.3 Å². The summed E-state index contributed by atoms with van der Waals surface area (Å²) in [6, 6.07) is 23.3. The maximum atomic E-state index is 12.3. The Morgan fingerprint density at radius 1 is 0.871 bits per heavy atom. The first kappa shape index (κ1) is 21.7. The lowest BCUT2D eigenvalue weighted by Gasteiger charge is -2.10. The van der Waals surface area contributed by atoms with Gasteiger partial charge in [-0.05, 0) is 66.3 Å². The second-order valence-corrected chi connectivity index (χ2v) is 6.86. The Hall–Kier alpha value is -3.97. The van der Waals surface area contributed by atoms with Gasteiger partial charge in [0, 0.05) is 23.0 Å². The van der Waals surface area contributed by atoms with Crippen LogP contribution in [0.15, 0.2) is 84.9 Å². The van der Waals surface area contributed by atoms with Crippen molar-refractivity contribution in [1.29, 1.82) is 0 Å². The lowest BCUT2D eigenvalue weighted by molar-refractivity contribution is -0.115. The molecule has 3 aromatic carbocycles. The Bertz CT molecular complexity index is 1100. The molecule has 3 rings (SSSR count). The van der Waals surface area contributed by atoms with Gasteiger partial charge in [-0.3, -0.25) is 14.9 Å². The van der Waals surface area contributed by atoms with Crippen LogP contribution in [-0.4, -0.2) is 24.0 Å². The zero-order valence-corrected chi connectivity index (χ0v) is 17.6. The third-order valence-corrected chi connectivity index (χ3v) is 4.40. The van der Waals surface area contributed by atoms with Gasteiger partial charge in [0.2, 0.25) is 5.91 Å². The molecule has 6 nitrogen and oxygen atoms in total. The van der Waals surface area contributed by atoms with E-state index in [4.69, 9.17) is 17.0 Å². The van der Waals surface area contributed by atoms with Gasteiger partial charge in [0.1, 0.15) is 5.75 Å². The Morgan fingerprint density at radius 2 is 1.55 bits per heavy atom. The summed E-state index contributed by atoms with van der Waals surface area (Å²) < 4.78 is 5.10. The first-order valence-electron chi connectivity index (χ1n) is 9.44. The molecule has 2 amide bonds. The van der Waals surface area contributed by atoms with E-state index in [2.05, 4.69) is 16.0 Å². The number of rotatable bonds is 6. The molecule has 0 radical (unpaired) electrons. The molecule has 0 unspecified atom stereocenters. The number of carbonyl (C=O) groups is 2. The van der Waals surface area contributed by atoms with Gasteiger partial charge < -0.3 is 15.4 Å². The van der Waals surface area contributed by atoms with Crippen molar-refractivity contribution in [1.82, 2.24) is 5.32 Å². The van der Waals surface area contributed by atoms with Gasteiger partial charge in [-0.15, -0.1) is 0 Å². The van der Waals surface area contributed by atoms with Crippen molar-refractivity contribution in [2.45, 2.75) is 0 Å².